The van der Waals surface area contributed by atoms with Gasteiger partial charge in [-0.1, -0.05) is 24.3 Å². The average Bonchev–Trinajstić information content (AvgIpc) is 2.68. The Bertz CT molecular complexity index is 871. The van der Waals surface area contributed by atoms with Crippen LogP contribution in [0.3, 0.4) is 0 Å². The molecule has 0 amide bonds. The second-order valence-corrected chi connectivity index (χ2v) is 6.14. The molecule has 0 bridgehead atoms. The number of ether oxygens (including phenoxy) is 2. The van der Waals surface area contributed by atoms with Gasteiger partial charge in [0.2, 0.25) is 12.2 Å². The van der Waals surface area contributed by atoms with E-state index in [0.29, 0.717) is 22.6 Å². The number of ketones is 2. The van der Waals surface area contributed by atoms with E-state index >= 15 is 0 Å². The van der Waals surface area contributed by atoms with Gasteiger partial charge in [-0.15, -0.1) is 0 Å². The van der Waals surface area contributed by atoms with Gasteiger partial charge in [0.1, 0.15) is 11.5 Å². The van der Waals surface area contributed by atoms with Gasteiger partial charge >= 0.3 is 11.9 Å². The number of benzene rings is 2. The van der Waals surface area contributed by atoms with Crippen LogP contribution in [0.25, 0.3) is 0 Å². The van der Waals surface area contributed by atoms with Crippen molar-refractivity contribution in [1.29, 1.82) is 0 Å². The van der Waals surface area contributed by atoms with Gasteiger partial charge in [-0.25, -0.2) is 9.59 Å². The van der Waals surface area contributed by atoms with Crippen LogP contribution < -0.4 is 9.47 Å². The molecule has 8 nitrogen and oxygen atoms in total. The maximum absolute atomic E-state index is 11.5. The van der Waals surface area contributed by atoms with Gasteiger partial charge in [0.15, 0.2) is 11.6 Å². The van der Waals surface area contributed by atoms with Crippen molar-refractivity contribution in [1.82, 2.24) is 0 Å². The van der Waals surface area contributed by atoms with Crippen molar-refractivity contribution in [3.63, 3.8) is 0 Å². The number of fused-ring (bicyclic) bond motifs is 2. The monoisotopic (exact) mass is 384 g/mol. The maximum atomic E-state index is 11.5. The van der Waals surface area contributed by atoms with Crippen LogP contribution in [0.15, 0.2) is 48.5 Å². The van der Waals surface area contributed by atoms with Gasteiger partial charge in [-0.2, -0.15) is 0 Å². The van der Waals surface area contributed by atoms with E-state index in [2.05, 4.69) is 0 Å². The van der Waals surface area contributed by atoms with Crippen molar-refractivity contribution in [3.8, 4) is 11.5 Å². The van der Waals surface area contributed by atoms with E-state index in [1.807, 2.05) is 0 Å². The molecule has 2 aliphatic rings. The predicted octanol–water partition coefficient (Wildman–Crippen LogP) is 2.21. The normalized spacial score (nSPS) is 19.7. The summed E-state index contributed by atoms with van der Waals surface area (Å²) in [6.07, 6.45) is -2.27. The number of carboxylic acid groups (broad SMARTS) is 2. The molecule has 28 heavy (non-hydrogen) atoms. The van der Waals surface area contributed by atoms with Crippen LogP contribution in [-0.2, 0) is 9.59 Å². The molecular formula is C20H16O8. The molecule has 0 saturated carbocycles. The van der Waals surface area contributed by atoms with Gasteiger partial charge in [0.05, 0.1) is 24.0 Å². The SMILES string of the molecule is O=C1CC(C(=O)O)Oc2ccccc21.O=C1C[C@H](C(=O)O)Oc2ccccc21. The zero-order valence-electron chi connectivity index (χ0n) is 14.5. The third kappa shape index (κ3) is 4.01. The van der Waals surface area contributed by atoms with Crippen LogP contribution in [0.1, 0.15) is 33.6 Å². The molecular weight excluding hydrogens is 368 g/mol. The zero-order valence-corrected chi connectivity index (χ0v) is 14.5. The lowest BCUT2D eigenvalue weighted by atomic mass is 10.0. The minimum Gasteiger partial charge on any atom is -0.478 e. The summed E-state index contributed by atoms with van der Waals surface area (Å²) in [6.45, 7) is 0. The summed E-state index contributed by atoms with van der Waals surface area (Å²) in [5, 5.41) is 17.4. The highest BCUT2D eigenvalue weighted by molar-refractivity contribution is 6.02. The number of carbonyl (C=O) groups excluding carboxylic acids is 2. The Kier molecular flexibility index (Phi) is 5.39. The number of carboxylic acids is 2. The van der Waals surface area contributed by atoms with Crippen LogP contribution in [0.2, 0.25) is 0 Å². The Labute approximate surface area is 159 Å². The molecule has 0 aromatic heterocycles. The van der Waals surface area contributed by atoms with Crippen molar-refractivity contribution in [2.75, 3.05) is 0 Å². The smallest absolute Gasteiger partial charge is 0.345 e. The van der Waals surface area contributed by atoms with E-state index in [-0.39, 0.29) is 24.4 Å². The Morgan fingerprint density at radius 2 is 1.07 bits per heavy atom. The molecule has 4 rings (SSSR count). The molecule has 1 unspecified atom stereocenters. The van der Waals surface area contributed by atoms with E-state index in [0.717, 1.165) is 0 Å². The van der Waals surface area contributed by atoms with Crippen molar-refractivity contribution in [2.24, 2.45) is 0 Å². The lowest BCUT2D eigenvalue weighted by Gasteiger charge is -2.21. The van der Waals surface area contributed by atoms with Gasteiger partial charge in [0, 0.05) is 0 Å². The van der Waals surface area contributed by atoms with Crippen LogP contribution in [0.5, 0.6) is 11.5 Å². The minimum absolute atomic E-state index is 0.0909. The fraction of sp³-hybridized carbons (Fsp3) is 0.200. The molecule has 0 saturated heterocycles. The molecule has 144 valence electrons. The van der Waals surface area contributed by atoms with Gasteiger partial charge in [0.25, 0.3) is 0 Å². The summed E-state index contributed by atoms with van der Waals surface area (Å²) in [6, 6.07) is 13.3. The predicted molar refractivity (Wildman–Crippen MR) is 94.9 cm³/mol. The highest BCUT2D eigenvalue weighted by atomic mass is 16.5. The number of para-hydroxylation sites is 2. The van der Waals surface area contributed by atoms with E-state index in [4.69, 9.17) is 19.7 Å². The summed E-state index contributed by atoms with van der Waals surface area (Å²) in [5.41, 5.74) is 0.926. The molecule has 2 heterocycles. The lowest BCUT2D eigenvalue weighted by molar-refractivity contribution is -0.146. The summed E-state index contributed by atoms with van der Waals surface area (Å²) in [5.74, 6) is -1.86. The van der Waals surface area contributed by atoms with Crippen molar-refractivity contribution in [3.05, 3.63) is 59.7 Å². The molecule has 2 aromatic rings. The molecule has 0 radical (unpaired) electrons. The Morgan fingerprint density at radius 3 is 1.43 bits per heavy atom. The molecule has 8 heteroatoms. The number of hydrogen-bond donors (Lipinski definition) is 2. The summed E-state index contributed by atoms with van der Waals surface area (Å²) in [4.78, 5) is 44.2. The van der Waals surface area contributed by atoms with Crippen LogP contribution in [0, 0.1) is 0 Å². The molecule has 2 aromatic carbocycles. The van der Waals surface area contributed by atoms with Gasteiger partial charge < -0.3 is 19.7 Å². The first-order chi connectivity index (χ1) is 13.4. The van der Waals surface area contributed by atoms with Gasteiger partial charge in [-0.05, 0) is 24.3 Å². The Hall–Kier alpha value is -3.68. The summed E-state index contributed by atoms with van der Waals surface area (Å²) in [7, 11) is 0. The fourth-order valence-corrected chi connectivity index (χ4v) is 2.82. The molecule has 0 aliphatic carbocycles. The Morgan fingerprint density at radius 1 is 0.714 bits per heavy atom. The third-order valence-corrected chi connectivity index (χ3v) is 4.21. The standard InChI is InChI=1S/2C10H8O4/c2*11-7-5-9(10(12)13)14-8-4-2-1-3-6(7)8/h2*1-4,9H,5H2,(H,12,13)/t9-;/m1./s1. The van der Waals surface area contributed by atoms with Crippen molar-refractivity contribution < 1.29 is 38.9 Å². The lowest BCUT2D eigenvalue weighted by Crippen LogP contribution is -2.33. The summed E-state index contributed by atoms with van der Waals surface area (Å²) < 4.78 is 10.3. The highest BCUT2D eigenvalue weighted by Gasteiger charge is 2.31. The largest absolute Gasteiger partial charge is 0.478 e. The highest BCUT2D eigenvalue weighted by Crippen LogP contribution is 2.27. The topological polar surface area (TPSA) is 127 Å². The van der Waals surface area contributed by atoms with Gasteiger partial charge in [-0.3, -0.25) is 9.59 Å². The molecule has 2 N–H and O–H groups in total. The quantitative estimate of drug-likeness (QED) is 0.807. The number of aliphatic carboxylic acids is 2. The molecule has 2 atom stereocenters. The molecule has 0 spiro atoms. The third-order valence-electron chi connectivity index (χ3n) is 4.21. The van der Waals surface area contributed by atoms with Crippen molar-refractivity contribution >= 4 is 23.5 Å². The first-order valence-corrected chi connectivity index (χ1v) is 8.40. The van der Waals surface area contributed by atoms with E-state index in [9.17, 15) is 19.2 Å². The molecule has 0 fully saturated rings. The summed E-state index contributed by atoms with van der Waals surface area (Å²) >= 11 is 0. The van der Waals surface area contributed by atoms with Crippen molar-refractivity contribution in [2.45, 2.75) is 25.0 Å². The zero-order chi connectivity index (χ0) is 20.3. The van der Waals surface area contributed by atoms with Crippen LogP contribution >= 0.6 is 0 Å². The first kappa shape index (κ1) is 19.1. The average molecular weight is 384 g/mol. The minimum atomic E-state index is -1.10. The number of Topliss-reactive ketones (excluding diaryl/α,β-unsaturated/α-hetero) is 2. The first-order valence-electron chi connectivity index (χ1n) is 8.40. The fourth-order valence-electron chi connectivity index (χ4n) is 2.82. The van der Waals surface area contributed by atoms with E-state index < -0.39 is 24.1 Å². The molecule has 2 aliphatic heterocycles. The number of hydrogen-bond acceptors (Lipinski definition) is 6. The van der Waals surface area contributed by atoms with Crippen LogP contribution in [-0.4, -0.2) is 45.9 Å². The van der Waals surface area contributed by atoms with E-state index in [1.54, 1.807) is 48.5 Å². The second-order valence-electron chi connectivity index (χ2n) is 6.14. The second kappa shape index (κ2) is 7.91. The Balaban J connectivity index is 0.000000161. The number of carbonyl (C=O) groups is 4. The van der Waals surface area contributed by atoms with E-state index in [1.165, 1.54) is 0 Å². The number of rotatable bonds is 2. The van der Waals surface area contributed by atoms with Crippen LogP contribution in [0.4, 0.5) is 0 Å². The maximum Gasteiger partial charge on any atom is 0.345 e.